The summed E-state index contributed by atoms with van der Waals surface area (Å²) in [6, 6.07) is 2.32. The second-order valence-electron chi connectivity index (χ2n) is 5.73. The standard InChI is InChI=1S/C14H26N2/c1-4-5-6-10-16-11-8-13(7-9-15)12-14(16,2)3/h13H,4-8,10-12H2,1-3H3. The lowest BCUT2D eigenvalue weighted by Gasteiger charge is -2.45. The Labute approximate surface area is 101 Å². The van der Waals surface area contributed by atoms with Crippen LogP contribution in [0.1, 0.15) is 59.3 Å². The zero-order chi connectivity index (χ0) is 12.0. The summed E-state index contributed by atoms with van der Waals surface area (Å²) in [6.07, 6.45) is 7.10. The largest absolute Gasteiger partial charge is 0.298 e. The minimum atomic E-state index is 0.299. The van der Waals surface area contributed by atoms with Crippen LogP contribution in [0.4, 0.5) is 0 Å². The highest BCUT2D eigenvalue weighted by molar-refractivity contribution is 4.92. The van der Waals surface area contributed by atoms with Gasteiger partial charge in [-0.3, -0.25) is 4.90 Å². The Hall–Kier alpha value is -0.550. The molecule has 1 atom stereocenters. The molecule has 16 heavy (non-hydrogen) atoms. The normalized spacial score (nSPS) is 25.2. The summed E-state index contributed by atoms with van der Waals surface area (Å²) in [7, 11) is 0. The molecule has 1 saturated heterocycles. The van der Waals surface area contributed by atoms with Gasteiger partial charge in [-0.15, -0.1) is 0 Å². The molecule has 1 rings (SSSR count). The van der Waals surface area contributed by atoms with E-state index in [1.807, 2.05) is 0 Å². The van der Waals surface area contributed by atoms with Crippen molar-refractivity contribution in [2.45, 2.75) is 64.8 Å². The maximum absolute atomic E-state index is 8.76. The van der Waals surface area contributed by atoms with Gasteiger partial charge in [-0.2, -0.15) is 5.26 Å². The van der Waals surface area contributed by atoms with E-state index in [1.165, 1.54) is 45.2 Å². The zero-order valence-electron chi connectivity index (χ0n) is 11.1. The number of unbranched alkanes of at least 4 members (excludes halogenated alkanes) is 2. The molecule has 0 radical (unpaired) electrons. The van der Waals surface area contributed by atoms with E-state index in [9.17, 15) is 0 Å². The third-order valence-electron chi connectivity index (χ3n) is 3.86. The van der Waals surface area contributed by atoms with E-state index in [2.05, 4.69) is 31.7 Å². The van der Waals surface area contributed by atoms with Gasteiger partial charge in [0.15, 0.2) is 0 Å². The average Bonchev–Trinajstić information content (AvgIpc) is 2.21. The highest BCUT2D eigenvalue weighted by Crippen LogP contribution is 2.33. The van der Waals surface area contributed by atoms with Gasteiger partial charge in [-0.25, -0.2) is 0 Å². The molecule has 0 aliphatic carbocycles. The summed E-state index contributed by atoms with van der Waals surface area (Å²) in [5.74, 6) is 0.627. The van der Waals surface area contributed by atoms with Crippen LogP contribution in [-0.4, -0.2) is 23.5 Å². The summed E-state index contributed by atoms with van der Waals surface area (Å²) in [6.45, 7) is 9.35. The Bertz CT molecular complexity index is 240. The Morgan fingerprint density at radius 3 is 2.69 bits per heavy atom. The first kappa shape index (κ1) is 13.5. The summed E-state index contributed by atoms with van der Waals surface area (Å²) in [4.78, 5) is 2.62. The van der Waals surface area contributed by atoms with Crippen molar-refractivity contribution in [1.29, 1.82) is 5.26 Å². The molecule has 1 aliphatic heterocycles. The van der Waals surface area contributed by atoms with Gasteiger partial charge in [0.05, 0.1) is 6.07 Å². The first-order valence-corrected chi connectivity index (χ1v) is 6.72. The predicted octanol–water partition coefficient (Wildman–Crippen LogP) is 3.58. The summed E-state index contributed by atoms with van der Waals surface area (Å²) < 4.78 is 0. The number of rotatable bonds is 5. The number of nitrogens with zero attached hydrogens (tertiary/aromatic N) is 2. The number of likely N-dealkylation sites (tertiary alicyclic amines) is 1. The van der Waals surface area contributed by atoms with E-state index in [4.69, 9.17) is 5.26 Å². The SMILES string of the molecule is CCCCCN1CCC(CC#N)CC1(C)C. The van der Waals surface area contributed by atoms with Crippen molar-refractivity contribution in [3.8, 4) is 6.07 Å². The Morgan fingerprint density at radius 2 is 2.12 bits per heavy atom. The second kappa shape index (κ2) is 6.25. The van der Waals surface area contributed by atoms with Crippen LogP contribution in [0, 0.1) is 17.2 Å². The van der Waals surface area contributed by atoms with Crippen molar-refractivity contribution in [2.75, 3.05) is 13.1 Å². The van der Waals surface area contributed by atoms with Crippen molar-refractivity contribution in [3.05, 3.63) is 0 Å². The van der Waals surface area contributed by atoms with Crippen LogP contribution in [-0.2, 0) is 0 Å². The maximum atomic E-state index is 8.76. The van der Waals surface area contributed by atoms with E-state index < -0.39 is 0 Å². The van der Waals surface area contributed by atoms with Gasteiger partial charge >= 0.3 is 0 Å². The van der Waals surface area contributed by atoms with Crippen LogP contribution in [0.15, 0.2) is 0 Å². The lowest BCUT2D eigenvalue weighted by Crippen LogP contribution is -2.50. The topological polar surface area (TPSA) is 27.0 Å². The lowest BCUT2D eigenvalue weighted by atomic mass is 9.81. The number of hydrogen-bond donors (Lipinski definition) is 0. The fourth-order valence-corrected chi connectivity index (χ4v) is 2.85. The zero-order valence-corrected chi connectivity index (χ0v) is 11.1. The molecule has 2 heteroatoms. The monoisotopic (exact) mass is 222 g/mol. The van der Waals surface area contributed by atoms with E-state index in [1.54, 1.807) is 0 Å². The molecule has 92 valence electrons. The van der Waals surface area contributed by atoms with E-state index >= 15 is 0 Å². The lowest BCUT2D eigenvalue weighted by molar-refractivity contribution is 0.0464. The molecule has 0 bridgehead atoms. The minimum absolute atomic E-state index is 0.299. The number of hydrogen-bond acceptors (Lipinski definition) is 2. The second-order valence-corrected chi connectivity index (χ2v) is 5.73. The molecule has 0 spiro atoms. The first-order valence-electron chi connectivity index (χ1n) is 6.72. The maximum Gasteiger partial charge on any atom is 0.0624 e. The van der Waals surface area contributed by atoms with Crippen LogP contribution in [0.2, 0.25) is 0 Å². The van der Waals surface area contributed by atoms with Crippen LogP contribution in [0.3, 0.4) is 0 Å². The summed E-state index contributed by atoms with van der Waals surface area (Å²) >= 11 is 0. The molecule has 2 nitrogen and oxygen atoms in total. The van der Waals surface area contributed by atoms with Crippen molar-refractivity contribution in [3.63, 3.8) is 0 Å². The Morgan fingerprint density at radius 1 is 1.38 bits per heavy atom. The Kier molecular flexibility index (Phi) is 5.28. The molecular weight excluding hydrogens is 196 g/mol. The molecule has 0 N–H and O–H groups in total. The van der Waals surface area contributed by atoms with Gasteiger partial charge in [0.25, 0.3) is 0 Å². The summed E-state index contributed by atoms with van der Waals surface area (Å²) in [5.41, 5.74) is 0.299. The van der Waals surface area contributed by atoms with Crippen LogP contribution >= 0.6 is 0 Å². The molecule has 0 saturated carbocycles. The van der Waals surface area contributed by atoms with E-state index in [0.717, 1.165) is 6.42 Å². The third-order valence-corrected chi connectivity index (χ3v) is 3.86. The highest BCUT2D eigenvalue weighted by atomic mass is 15.2. The molecule has 0 amide bonds. The molecule has 1 unspecified atom stereocenters. The van der Waals surface area contributed by atoms with Crippen molar-refractivity contribution in [2.24, 2.45) is 5.92 Å². The van der Waals surface area contributed by atoms with Gasteiger partial charge in [0.2, 0.25) is 0 Å². The average molecular weight is 222 g/mol. The van der Waals surface area contributed by atoms with E-state index in [-0.39, 0.29) is 0 Å². The van der Waals surface area contributed by atoms with Gasteiger partial charge < -0.3 is 0 Å². The van der Waals surface area contributed by atoms with Gasteiger partial charge in [0.1, 0.15) is 0 Å². The van der Waals surface area contributed by atoms with Crippen LogP contribution in [0.5, 0.6) is 0 Å². The molecule has 1 heterocycles. The third kappa shape index (κ3) is 3.79. The smallest absolute Gasteiger partial charge is 0.0624 e. The Balaban J connectivity index is 2.41. The molecule has 1 aliphatic rings. The molecule has 1 fully saturated rings. The van der Waals surface area contributed by atoms with E-state index in [0.29, 0.717) is 11.5 Å². The van der Waals surface area contributed by atoms with Crippen LogP contribution in [0.25, 0.3) is 0 Å². The van der Waals surface area contributed by atoms with Gasteiger partial charge in [0, 0.05) is 12.0 Å². The molecular formula is C14H26N2. The van der Waals surface area contributed by atoms with Crippen molar-refractivity contribution in [1.82, 2.24) is 4.90 Å². The number of piperidine rings is 1. The van der Waals surface area contributed by atoms with Gasteiger partial charge in [-0.05, 0) is 52.1 Å². The van der Waals surface area contributed by atoms with Crippen molar-refractivity contribution < 1.29 is 0 Å². The number of nitriles is 1. The fourth-order valence-electron chi connectivity index (χ4n) is 2.85. The highest BCUT2D eigenvalue weighted by Gasteiger charge is 2.33. The summed E-state index contributed by atoms with van der Waals surface area (Å²) in [5, 5.41) is 8.76. The van der Waals surface area contributed by atoms with Crippen LogP contribution < -0.4 is 0 Å². The first-order chi connectivity index (χ1) is 7.60. The van der Waals surface area contributed by atoms with Crippen molar-refractivity contribution >= 4 is 0 Å². The molecule has 0 aromatic rings. The fraction of sp³-hybridized carbons (Fsp3) is 0.929. The quantitative estimate of drug-likeness (QED) is 0.665. The van der Waals surface area contributed by atoms with Gasteiger partial charge in [-0.1, -0.05) is 19.8 Å². The molecule has 0 aromatic carbocycles. The minimum Gasteiger partial charge on any atom is -0.298 e. The molecule has 0 aromatic heterocycles. The predicted molar refractivity (Wildman–Crippen MR) is 68.1 cm³/mol.